The lowest BCUT2D eigenvalue weighted by Crippen LogP contribution is -2.09. The second-order valence-electron chi connectivity index (χ2n) is 6.38. The molecule has 4 aromatic rings. The van der Waals surface area contributed by atoms with Gasteiger partial charge < -0.3 is 14.5 Å². The third-order valence-corrected chi connectivity index (χ3v) is 4.62. The molecule has 0 amide bonds. The van der Waals surface area contributed by atoms with Gasteiger partial charge in [-0.2, -0.15) is 4.39 Å². The molecule has 0 spiro atoms. The van der Waals surface area contributed by atoms with Gasteiger partial charge in [0.25, 0.3) is 6.01 Å². The van der Waals surface area contributed by atoms with Gasteiger partial charge >= 0.3 is 0 Å². The van der Waals surface area contributed by atoms with Crippen LogP contribution < -0.4 is 10.0 Å². The lowest BCUT2D eigenvalue weighted by Gasteiger charge is -2.09. The maximum Gasteiger partial charge on any atom is 0.299 e. The van der Waals surface area contributed by atoms with Crippen LogP contribution in [0, 0.1) is 5.95 Å². The van der Waals surface area contributed by atoms with Crippen LogP contribution in [0.15, 0.2) is 65.3 Å². The minimum atomic E-state index is -2.37. The number of anilines is 3. The molecule has 28 heavy (non-hydrogen) atoms. The molecule has 2 N–H and O–H groups in total. The SMILES string of the molecule is C=S(C)(=O)Nc1cccc(Nc2ncc(-c3ccc4c(F)nccc4c3)o2)c1. The maximum absolute atomic E-state index is 13.7. The first-order chi connectivity index (χ1) is 13.4. The number of oxazole rings is 1. The van der Waals surface area contributed by atoms with Crippen LogP contribution in [0.3, 0.4) is 0 Å². The van der Waals surface area contributed by atoms with Crippen molar-refractivity contribution in [3.8, 4) is 11.3 Å². The Hall–Kier alpha value is -3.39. The van der Waals surface area contributed by atoms with Crippen molar-refractivity contribution in [1.29, 1.82) is 0 Å². The van der Waals surface area contributed by atoms with Crippen LogP contribution >= 0.6 is 0 Å². The summed E-state index contributed by atoms with van der Waals surface area (Å²) in [5.41, 5.74) is 2.16. The van der Waals surface area contributed by atoms with E-state index in [1.165, 1.54) is 12.5 Å². The van der Waals surface area contributed by atoms with Crippen LogP contribution in [0.1, 0.15) is 0 Å². The van der Waals surface area contributed by atoms with Crippen molar-refractivity contribution in [3.63, 3.8) is 0 Å². The summed E-state index contributed by atoms with van der Waals surface area (Å²) < 4.78 is 34.1. The van der Waals surface area contributed by atoms with E-state index < -0.39 is 15.7 Å². The van der Waals surface area contributed by atoms with E-state index in [-0.39, 0.29) is 0 Å². The Balaban J connectivity index is 1.58. The van der Waals surface area contributed by atoms with Crippen molar-refractivity contribution >= 4 is 43.7 Å². The first-order valence-corrected chi connectivity index (χ1v) is 10.5. The topological polar surface area (TPSA) is 80.0 Å². The van der Waals surface area contributed by atoms with Crippen molar-refractivity contribution in [3.05, 3.63) is 66.9 Å². The number of hydrogen-bond donors (Lipinski definition) is 2. The fourth-order valence-corrected chi connectivity index (χ4v) is 3.42. The second kappa shape index (κ2) is 6.97. The zero-order chi connectivity index (χ0) is 19.7. The number of benzene rings is 2. The minimum Gasteiger partial charge on any atom is -0.423 e. The number of nitrogens with zero attached hydrogens (tertiary/aromatic N) is 2. The average Bonchev–Trinajstić information content (AvgIpc) is 3.09. The summed E-state index contributed by atoms with van der Waals surface area (Å²) in [6.07, 6.45) is 4.55. The summed E-state index contributed by atoms with van der Waals surface area (Å²) in [7, 11) is -2.37. The van der Waals surface area contributed by atoms with Crippen LogP contribution in [0.5, 0.6) is 0 Å². The number of aromatic nitrogens is 2. The Morgan fingerprint density at radius 2 is 1.93 bits per heavy atom. The molecule has 1 atom stereocenters. The Morgan fingerprint density at radius 1 is 1.11 bits per heavy atom. The zero-order valence-electron chi connectivity index (χ0n) is 15.0. The summed E-state index contributed by atoms with van der Waals surface area (Å²) in [6.45, 7) is 0. The minimum absolute atomic E-state index is 0.306. The standard InChI is InChI=1S/C20H17FN4O2S/c1-28(2,26)25-16-5-3-4-15(11-16)24-20-23-12-18(27-20)14-6-7-17-13(10-14)8-9-22-19(17)21/h3-12H,1H2,2H3,(H,23,24)(H,25,26). The number of halogens is 1. The summed E-state index contributed by atoms with van der Waals surface area (Å²) in [5.74, 6) is 3.62. The fourth-order valence-electron chi connectivity index (χ4n) is 2.79. The molecule has 0 radical (unpaired) electrons. The van der Waals surface area contributed by atoms with Gasteiger partial charge in [-0.25, -0.2) is 14.2 Å². The number of fused-ring (bicyclic) bond motifs is 1. The first-order valence-electron chi connectivity index (χ1n) is 8.35. The van der Waals surface area contributed by atoms with Gasteiger partial charge in [0.1, 0.15) is 0 Å². The number of rotatable bonds is 5. The number of pyridine rings is 1. The highest BCUT2D eigenvalue weighted by Gasteiger charge is 2.09. The summed E-state index contributed by atoms with van der Waals surface area (Å²) in [6, 6.07) is 14.5. The van der Waals surface area contributed by atoms with Gasteiger partial charge in [0.05, 0.1) is 6.20 Å². The summed E-state index contributed by atoms with van der Waals surface area (Å²) in [5, 5.41) is 4.24. The van der Waals surface area contributed by atoms with Gasteiger partial charge in [-0.1, -0.05) is 12.1 Å². The molecule has 1 unspecified atom stereocenters. The Labute approximate surface area is 161 Å². The van der Waals surface area contributed by atoms with Crippen LogP contribution in [-0.2, 0) is 9.71 Å². The van der Waals surface area contributed by atoms with Gasteiger partial charge in [0.2, 0.25) is 5.95 Å². The molecule has 2 aromatic carbocycles. The molecule has 2 aromatic heterocycles. The van der Waals surface area contributed by atoms with Crippen LogP contribution in [0.4, 0.5) is 21.8 Å². The van der Waals surface area contributed by atoms with Gasteiger partial charge in [-0.15, -0.1) is 0 Å². The quantitative estimate of drug-likeness (QED) is 0.385. The number of nitrogens with one attached hydrogen (secondary N) is 2. The lowest BCUT2D eigenvalue weighted by atomic mass is 10.1. The Kier molecular flexibility index (Phi) is 4.48. The number of hydrogen-bond acceptors (Lipinski definition) is 5. The first kappa shape index (κ1) is 18.0. The van der Waals surface area contributed by atoms with Crippen molar-refractivity contribution in [1.82, 2.24) is 9.97 Å². The molecule has 2 heterocycles. The molecule has 0 aliphatic carbocycles. The third kappa shape index (κ3) is 3.96. The molecule has 0 aliphatic heterocycles. The van der Waals surface area contributed by atoms with Crippen LogP contribution in [0.2, 0.25) is 0 Å². The average molecular weight is 396 g/mol. The van der Waals surface area contributed by atoms with E-state index in [1.54, 1.807) is 36.5 Å². The smallest absolute Gasteiger partial charge is 0.299 e. The molecule has 0 saturated heterocycles. The predicted octanol–water partition coefficient (Wildman–Crippen LogP) is 4.45. The lowest BCUT2D eigenvalue weighted by molar-refractivity contribution is 0.591. The highest BCUT2D eigenvalue weighted by Crippen LogP contribution is 2.28. The molecule has 0 saturated carbocycles. The largest absolute Gasteiger partial charge is 0.423 e. The van der Waals surface area contributed by atoms with E-state index in [9.17, 15) is 8.60 Å². The van der Waals surface area contributed by atoms with E-state index in [0.29, 0.717) is 28.5 Å². The van der Waals surface area contributed by atoms with Crippen molar-refractivity contribution in [2.24, 2.45) is 0 Å². The Morgan fingerprint density at radius 3 is 2.75 bits per heavy atom. The Bertz CT molecular complexity index is 1270. The molecule has 6 nitrogen and oxygen atoms in total. The van der Waals surface area contributed by atoms with E-state index in [0.717, 1.165) is 10.9 Å². The van der Waals surface area contributed by atoms with Crippen LogP contribution in [0.25, 0.3) is 22.1 Å². The molecular weight excluding hydrogens is 379 g/mol. The molecule has 8 heteroatoms. The molecule has 4 rings (SSSR count). The monoisotopic (exact) mass is 396 g/mol. The fraction of sp³-hybridized carbons (Fsp3) is 0.0500. The zero-order valence-corrected chi connectivity index (χ0v) is 15.8. The second-order valence-corrected chi connectivity index (χ2v) is 8.59. The van der Waals surface area contributed by atoms with Gasteiger partial charge in [-0.3, -0.25) is 0 Å². The van der Waals surface area contributed by atoms with Gasteiger partial charge in [0, 0.05) is 44.5 Å². The summed E-state index contributed by atoms with van der Waals surface area (Å²) in [4.78, 5) is 7.89. The van der Waals surface area contributed by atoms with Crippen LogP contribution in [-0.4, -0.2) is 26.3 Å². The summed E-state index contributed by atoms with van der Waals surface area (Å²) >= 11 is 0. The third-order valence-electron chi connectivity index (χ3n) is 3.95. The highest BCUT2D eigenvalue weighted by molar-refractivity contribution is 8.00. The molecule has 142 valence electrons. The maximum atomic E-state index is 13.7. The van der Waals surface area contributed by atoms with E-state index in [1.807, 2.05) is 18.2 Å². The molecular formula is C20H17FN4O2S. The van der Waals surface area contributed by atoms with Crippen molar-refractivity contribution in [2.75, 3.05) is 16.3 Å². The molecule has 0 fully saturated rings. The van der Waals surface area contributed by atoms with Gasteiger partial charge in [0.15, 0.2) is 5.76 Å². The van der Waals surface area contributed by atoms with Crippen molar-refractivity contribution < 1.29 is 13.0 Å². The van der Waals surface area contributed by atoms with Crippen molar-refractivity contribution in [2.45, 2.75) is 0 Å². The van der Waals surface area contributed by atoms with E-state index in [4.69, 9.17) is 4.42 Å². The van der Waals surface area contributed by atoms with E-state index in [2.05, 4.69) is 25.9 Å². The molecule has 0 bridgehead atoms. The predicted molar refractivity (Wildman–Crippen MR) is 112 cm³/mol. The molecule has 0 aliphatic rings. The van der Waals surface area contributed by atoms with Gasteiger partial charge in [-0.05, 0) is 47.7 Å². The van der Waals surface area contributed by atoms with E-state index >= 15 is 0 Å². The highest BCUT2D eigenvalue weighted by atomic mass is 32.2. The normalized spacial score (nSPS) is 13.2.